The zero-order chi connectivity index (χ0) is 23.7. The summed E-state index contributed by atoms with van der Waals surface area (Å²) in [6.45, 7) is 3.04. The molecular weight excluding hydrogens is 463 g/mol. The van der Waals surface area contributed by atoms with Crippen LogP contribution in [0.1, 0.15) is 41.0 Å². The van der Waals surface area contributed by atoms with Crippen molar-refractivity contribution < 1.29 is 18.0 Å². The molecule has 3 aromatic heterocycles. The van der Waals surface area contributed by atoms with E-state index >= 15 is 0 Å². The molecule has 1 saturated heterocycles. The lowest BCUT2D eigenvalue weighted by Gasteiger charge is -2.26. The van der Waals surface area contributed by atoms with Gasteiger partial charge in [0.2, 0.25) is 0 Å². The van der Waals surface area contributed by atoms with Gasteiger partial charge in [-0.3, -0.25) is 9.69 Å². The zero-order valence-corrected chi connectivity index (χ0v) is 19.0. The fraction of sp³-hybridized carbons (Fsp3) is 0.292. The van der Waals surface area contributed by atoms with Gasteiger partial charge in [-0.25, -0.2) is 9.50 Å². The SMILES string of the molecule is O=C(Nc1ccc(CN2CCCCC2)cc1)c1cc2nc(-c3cccs3)cc(C(F)(F)F)n2n1. The van der Waals surface area contributed by atoms with E-state index in [0.29, 0.717) is 15.1 Å². The minimum absolute atomic E-state index is 0.0414. The van der Waals surface area contributed by atoms with Gasteiger partial charge in [0.25, 0.3) is 5.91 Å². The summed E-state index contributed by atoms with van der Waals surface area (Å²) in [5.74, 6) is -0.597. The molecule has 1 N–H and O–H groups in total. The van der Waals surface area contributed by atoms with Crippen molar-refractivity contribution in [3.63, 3.8) is 0 Å². The number of hydrogen-bond donors (Lipinski definition) is 1. The summed E-state index contributed by atoms with van der Waals surface area (Å²) >= 11 is 1.29. The molecule has 6 nitrogen and oxygen atoms in total. The molecule has 1 aliphatic rings. The first-order chi connectivity index (χ1) is 16.4. The molecule has 1 aromatic carbocycles. The molecule has 0 bridgehead atoms. The van der Waals surface area contributed by atoms with Crippen LogP contribution in [-0.4, -0.2) is 38.5 Å². The number of benzene rings is 1. The van der Waals surface area contributed by atoms with E-state index in [-0.39, 0.29) is 17.0 Å². The Morgan fingerprint density at radius 1 is 1.06 bits per heavy atom. The smallest absolute Gasteiger partial charge is 0.321 e. The van der Waals surface area contributed by atoms with Gasteiger partial charge in [-0.2, -0.15) is 18.3 Å². The Kier molecular flexibility index (Phi) is 6.09. The molecule has 0 radical (unpaired) electrons. The molecule has 0 spiro atoms. The molecule has 0 aliphatic carbocycles. The number of alkyl halides is 3. The first kappa shape index (κ1) is 22.5. The molecule has 1 amide bonds. The molecule has 0 atom stereocenters. The third kappa shape index (κ3) is 4.83. The number of amides is 1. The minimum Gasteiger partial charge on any atom is -0.321 e. The van der Waals surface area contributed by atoms with E-state index in [1.807, 2.05) is 12.1 Å². The zero-order valence-electron chi connectivity index (χ0n) is 18.2. The van der Waals surface area contributed by atoms with Gasteiger partial charge < -0.3 is 5.32 Å². The highest BCUT2D eigenvalue weighted by Gasteiger charge is 2.35. The third-order valence-corrected chi connectivity index (χ3v) is 6.68. The number of likely N-dealkylation sites (tertiary alicyclic amines) is 1. The predicted octanol–water partition coefficient (Wildman–Crippen LogP) is 5.71. The lowest BCUT2D eigenvalue weighted by molar-refractivity contribution is -0.142. The van der Waals surface area contributed by atoms with Crippen LogP contribution < -0.4 is 5.32 Å². The number of fused-ring (bicyclic) bond motifs is 1. The van der Waals surface area contributed by atoms with Crippen molar-refractivity contribution in [1.82, 2.24) is 19.5 Å². The first-order valence-electron chi connectivity index (χ1n) is 11.0. The van der Waals surface area contributed by atoms with Crippen LogP contribution in [0.2, 0.25) is 0 Å². The summed E-state index contributed by atoms with van der Waals surface area (Å²) < 4.78 is 41.8. The number of nitrogens with one attached hydrogen (secondary N) is 1. The highest BCUT2D eigenvalue weighted by molar-refractivity contribution is 7.13. The van der Waals surface area contributed by atoms with Crippen LogP contribution >= 0.6 is 11.3 Å². The Morgan fingerprint density at radius 2 is 1.82 bits per heavy atom. The summed E-state index contributed by atoms with van der Waals surface area (Å²) in [6, 6.07) is 13.1. The summed E-state index contributed by atoms with van der Waals surface area (Å²) in [5.41, 5.74) is 0.715. The van der Waals surface area contributed by atoms with Gasteiger partial charge in [-0.15, -0.1) is 11.3 Å². The Bertz CT molecular complexity index is 1290. The van der Waals surface area contributed by atoms with Crippen LogP contribution in [0.5, 0.6) is 0 Å². The van der Waals surface area contributed by atoms with E-state index < -0.39 is 17.8 Å². The van der Waals surface area contributed by atoms with Crippen molar-refractivity contribution in [3.05, 3.63) is 70.9 Å². The maximum absolute atomic E-state index is 13.7. The largest absolute Gasteiger partial charge is 0.433 e. The summed E-state index contributed by atoms with van der Waals surface area (Å²) in [5, 5.41) is 8.39. The van der Waals surface area contributed by atoms with Crippen molar-refractivity contribution >= 4 is 28.6 Å². The predicted molar refractivity (Wildman–Crippen MR) is 125 cm³/mol. The third-order valence-electron chi connectivity index (χ3n) is 5.79. The lowest BCUT2D eigenvalue weighted by Crippen LogP contribution is -2.29. The Labute approximate surface area is 198 Å². The number of halogens is 3. The van der Waals surface area contributed by atoms with Crippen molar-refractivity contribution in [1.29, 1.82) is 0 Å². The van der Waals surface area contributed by atoms with Gasteiger partial charge in [-0.1, -0.05) is 24.6 Å². The average molecular weight is 486 g/mol. The van der Waals surface area contributed by atoms with E-state index in [2.05, 4.69) is 20.3 Å². The van der Waals surface area contributed by atoms with Gasteiger partial charge in [0, 0.05) is 18.3 Å². The molecule has 5 rings (SSSR count). The monoisotopic (exact) mass is 485 g/mol. The van der Waals surface area contributed by atoms with Crippen LogP contribution in [0.15, 0.2) is 53.9 Å². The van der Waals surface area contributed by atoms with Crippen LogP contribution in [0.4, 0.5) is 18.9 Å². The molecule has 34 heavy (non-hydrogen) atoms. The van der Waals surface area contributed by atoms with Crippen LogP contribution in [0.25, 0.3) is 16.2 Å². The van der Waals surface area contributed by atoms with Gasteiger partial charge in [0.1, 0.15) is 0 Å². The van der Waals surface area contributed by atoms with E-state index in [9.17, 15) is 18.0 Å². The van der Waals surface area contributed by atoms with Crippen molar-refractivity contribution in [3.8, 4) is 10.6 Å². The maximum Gasteiger partial charge on any atom is 0.433 e. The summed E-state index contributed by atoms with van der Waals surface area (Å²) in [6.07, 6.45) is -0.948. The maximum atomic E-state index is 13.7. The van der Waals surface area contributed by atoms with Gasteiger partial charge in [-0.05, 0) is 61.1 Å². The first-order valence-corrected chi connectivity index (χ1v) is 11.9. The molecule has 10 heteroatoms. The fourth-order valence-corrected chi connectivity index (χ4v) is 4.79. The van der Waals surface area contributed by atoms with Crippen LogP contribution in [0.3, 0.4) is 0 Å². The van der Waals surface area contributed by atoms with Crippen LogP contribution in [-0.2, 0) is 12.7 Å². The number of hydrogen-bond acceptors (Lipinski definition) is 5. The van der Waals surface area contributed by atoms with E-state index in [0.717, 1.165) is 31.3 Å². The highest BCUT2D eigenvalue weighted by Crippen LogP contribution is 2.33. The molecule has 176 valence electrons. The van der Waals surface area contributed by atoms with E-state index in [1.165, 1.54) is 36.7 Å². The van der Waals surface area contributed by atoms with E-state index in [1.54, 1.807) is 29.6 Å². The number of anilines is 1. The number of piperidine rings is 1. The van der Waals surface area contributed by atoms with Gasteiger partial charge in [0.05, 0.1) is 10.6 Å². The van der Waals surface area contributed by atoms with E-state index in [4.69, 9.17) is 0 Å². The summed E-state index contributed by atoms with van der Waals surface area (Å²) in [7, 11) is 0. The van der Waals surface area contributed by atoms with Crippen molar-refractivity contribution in [2.75, 3.05) is 18.4 Å². The quantitative estimate of drug-likeness (QED) is 0.393. The second-order valence-electron chi connectivity index (χ2n) is 8.29. The summed E-state index contributed by atoms with van der Waals surface area (Å²) in [4.78, 5) is 20.1. The van der Waals surface area contributed by atoms with Gasteiger partial charge in [0.15, 0.2) is 17.0 Å². The number of aromatic nitrogens is 3. The Morgan fingerprint density at radius 3 is 2.50 bits per heavy atom. The van der Waals surface area contributed by atoms with Crippen molar-refractivity contribution in [2.45, 2.75) is 32.0 Å². The lowest BCUT2D eigenvalue weighted by atomic mass is 10.1. The Balaban J connectivity index is 1.37. The Hall–Kier alpha value is -3.24. The normalized spacial score (nSPS) is 15.0. The topological polar surface area (TPSA) is 62.5 Å². The van der Waals surface area contributed by atoms with Gasteiger partial charge >= 0.3 is 6.18 Å². The fourth-order valence-electron chi connectivity index (χ4n) is 4.10. The number of rotatable bonds is 5. The number of nitrogens with zero attached hydrogens (tertiary/aromatic N) is 4. The molecule has 0 saturated carbocycles. The number of thiophene rings is 1. The molecule has 1 fully saturated rings. The molecule has 1 aliphatic heterocycles. The molecule has 0 unspecified atom stereocenters. The van der Waals surface area contributed by atoms with Crippen molar-refractivity contribution in [2.24, 2.45) is 0 Å². The molecular formula is C24H22F3N5OS. The number of carbonyl (C=O) groups excluding carboxylic acids is 1. The minimum atomic E-state index is -4.66. The van der Waals surface area contributed by atoms with Crippen LogP contribution in [0, 0.1) is 0 Å². The standard InChI is InChI=1S/C24H22F3N5OS/c25-24(26,27)21-13-18(20-5-4-12-34-20)29-22-14-19(30-32(21)22)23(33)28-17-8-6-16(7-9-17)15-31-10-2-1-3-11-31/h4-9,12-14H,1-3,10-11,15H2,(H,28,33). The second kappa shape index (κ2) is 9.19. The average Bonchev–Trinajstić information content (AvgIpc) is 3.50. The molecule has 4 heterocycles. The second-order valence-corrected chi connectivity index (χ2v) is 9.24. The highest BCUT2D eigenvalue weighted by atomic mass is 32.1. The molecule has 4 aromatic rings. The number of carbonyl (C=O) groups is 1.